The molecule has 2 bridgehead atoms. The van der Waals surface area contributed by atoms with E-state index in [0.717, 1.165) is 47.2 Å². The van der Waals surface area contributed by atoms with Crippen molar-refractivity contribution in [3.8, 4) is 11.3 Å². The van der Waals surface area contributed by atoms with E-state index < -0.39 is 0 Å². The summed E-state index contributed by atoms with van der Waals surface area (Å²) in [6.07, 6.45) is 8.43. The molecule has 136 valence electrons. The van der Waals surface area contributed by atoms with Crippen LogP contribution in [0.1, 0.15) is 12.1 Å². The first-order valence-electron chi connectivity index (χ1n) is 9.32. The minimum Gasteiger partial charge on any atom is -0.336 e. The number of carbonyl (C=O) groups is 1. The second-order valence-corrected chi connectivity index (χ2v) is 7.53. The monoisotopic (exact) mass is 359 g/mol. The highest BCUT2D eigenvalue weighted by Gasteiger charge is 2.43. The fourth-order valence-electron chi connectivity index (χ4n) is 4.32. The Morgan fingerprint density at radius 3 is 2.74 bits per heavy atom. The molecule has 0 radical (unpaired) electrons. The van der Waals surface area contributed by atoms with Gasteiger partial charge in [0.2, 0.25) is 5.91 Å². The van der Waals surface area contributed by atoms with E-state index in [4.69, 9.17) is 0 Å². The number of hydrogen-bond donors (Lipinski definition) is 0. The van der Waals surface area contributed by atoms with Gasteiger partial charge in [-0.1, -0.05) is 12.1 Å². The highest BCUT2D eigenvalue weighted by molar-refractivity contribution is 5.87. The van der Waals surface area contributed by atoms with E-state index in [9.17, 15) is 4.79 Å². The van der Waals surface area contributed by atoms with Crippen LogP contribution in [0.15, 0.2) is 49.1 Å². The van der Waals surface area contributed by atoms with Crippen molar-refractivity contribution in [1.82, 2.24) is 24.8 Å². The van der Waals surface area contributed by atoms with Crippen molar-refractivity contribution in [3.05, 3.63) is 54.7 Å². The fraction of sp³-hybridized carbons (Fsp3) is 0.333. The number of likely N-dealkylation sites (tertiary alicyclic amines) is 2. The molecule has 3 aromatic rings. The zero-order valence-electron chi connectivity index (χ0n) is 15.2. The molecule has 0 spiro atoms. The molecule has 0 N–H and O–H groups in total. The van der Waals surface area contributed by atoms with Gasteiger partial charge in [-0.3, -0.25) is 24.6 Å². The molecule has 27 heavy (non-hydrogen) atoms. The van der Waals surface area contributed by atoms with Gasteiger partial charge in [0, 0.05) is 54.7 Å². The van der Waals surface area contributed by atoms with Crippen molar-refractivity contribution < 1.29 is 4.79 Å². The van der Waals surface area contributed by atoms with Crippen LogP contribution in [0.5, 0.6) is 0 Å². The number of aromatic nitrogens is 3. The smallest absolute Gasteiger partial charge is 0.228 e. The molecule has 1 amide bonds. The minimum atomic E-state index is 0.188. The van der Waals surface area contributed by atoms with Gasteiger partial charge >= 0.3 is 0 Å². The quantitative estimate of drug-likeness (QED) is 0.717. The lowest BCUT2D eigenvalue weighted by Gasteiger charge is -2.32. The zero-order chi connectivity index (χ0) is 18.4. The first kappa shape index (κ1) is 16.3. The van der Waals surface area contributed by atoms with Crippen LogP contribution in [0.4, 0.5) is 0 Å². The van der Waals surface area contributed by atoms with Crippen molar-refractivity contribution >= 4 is 16.7 Å². The predicted octanol–water partition coefficient (Wildman–Crippen LogP) is 2.15. The largest absolute Gasteiger partial charge is 0.336 e. The molecular formula is C21H21N5O. The van der Waals surface area contributed by atoms with E-state index in [1.807, 2.05) is 29.3 Å². The molecule has 2 fully saturated rings. The van der Waals surface area contributed by atoms with Crippen LogP contribution in [0.25, 0.3) is 22.0 Å². The summed E-state index contributed by atoms with van der Waals surface area (Å²) >= 11 is 0. The molecule has 6 heteroatoms. The van der Waals surface area contributed by atoms with Crippen molar-refractivity contribution in [2.75, 3.05) is 20.1 Å². The number of pyridine rings is 1. The molecule has 2 atom stereocenters. The second-order valence-electron chi connectivity index (χ2n) is 7.53. The average Bonchev–Trinajstić information content (AvgIpc) is 3.27. The Labute approximate surface area is 157 Å². The van der Waals surface area contributed by atoms with E-state index in [1.54, 1.807) is 18.6 Å². The first-order valence-corrected chi connectivity index (χ1v) is 9.32. The molecule has 2 aliphatic rings. The second kappa shape index (κ2) is 6.39. The summed E-state index contributed by atoms with van der Waals surface area (Å²) in [5.74, 6) is 0.188. The molecule has 1 aromatic carbocycles. The predicted molar refractivity (Wildman–Crippen MR) is 103 cm³/mol. The number of fused-ring (bicyclic) bond motifs is 3. The molecule has 6 nitrogen and oxygen atoms in total. The standard InChI is InChI=1S/C21H21N5O/c1-25-12-19-9-18(25)13-26(19)21(27)8-17-7-16-6-14(2-3-15(16)10-24-17)20-11-22-4-5-23-20/h2-7,10-11,18-19H,8-9,12-13H2,1H3/t18-,19-/m0/s1. The van der Waals surface area contributed by atoms with Crippen molar-refractivity contribution in [1.29, 1.82) is 0 Å². The highest BCUT2D eigenvalue weighted by Crippen LogP contribution is 2.30. The van der Waals surface area contributed by atoms with Gasteiger partial charge in [0.1, 0.15) is 0 Å². The topological polar surface area (TPSA) is 62.2 Å². The summed E-state index contributed by atoms with van der Waals surface area (Å²) in [6.45, 7) is 1.84. The number of likely N-dealkylation sites (N-methyl/N-ethyl adjacent to an activating group) is 1. The highest BCUT2D eigenvalue weighted by atomic mass is 16.2. The molecule has 2 aromatic heterocycles. The summed E-state index contributed by atoms with van der Waals surface area (Å²) in [4.78, 5) is 30.2. The molecule has 0 saturated carbocycles. The van der Waals surface area contributed by atoms with Gasteiger partial charge in [0.05, 0.1) is 24.0 Å². The van der Waals surface area contributed by atoms with Crippen molar-refractivity contribution in [2.45, 2.75) is 24.9 Å². The molecule has 5 rings (SSSR count). The van der Waals surface area contributed by atoms with Crippen molar-refractivity contribution in [2.24, 2.45) is 0 Å². The molecular weight excluding hydrogens is 338 g/mol. The molecule has 2 saturated heterocycles. The van der Waals surface area contributed by atoms with Crippen LogP contribution in [-0.2, 0) is 11.2 Å². The average molecular weight is 359 g/mol. The first-order chi connectivity index (χ1) is 13.2. The Morgan fingerprint density at radius 1 is 1.07 bits per heavy atom. The number of piperazine rings is 1. The van der Waals surface area contributed by atoms with E-state index >= 15 is 0 Å². The van der Waals surface area contributed by atoms with Crippen LogP contribution < -0.4 is 0 Å². The minimum absolute atomic E-state index is 0.188. The SMILES string of the molecule is CN1C[C@@H]2C[C@H]1CN2C(=O)Cc1cc2cc(-c3cnccn3)ccc2cn1. The zero-order valence-corrected chi connectivity index (χ0v) is 15.2. The van der Waals surface area contributed by atoms with E-state index in [1.165, 1.54) is 0 Å². The number of nitrogens with zero attached hydrogens (tertiary/aromatic N) is 5. The summed E-state index contributed by atoms with van der Waals surface area (Å²) in [6, 6.07) is 9.06. The van der Waals surface area contributed by atoms with Crippen LogP contribution in [-0.4, -0.2) is 62.9 Å². The van der Waals surface area contributed by atoms with Crippen LogP contribution >= 0.6 is 0 Å². The lowest BCUT2D eigenvalue weighted by Crippen LogP contribution is -2.47. The number of benzene rings is 1. The molecule has 0 unspecified atom stereocenters. The van der Waals surface area contributed by atoms with E-state index in [0.29, 0.717) is 18.5 Å². The van der Waals surface area contributed by atoms with Crippen molar-refractivity contribution in [3.63, 3.8) is 0 Å². The van der Waals surface area contributed by atoms with E-state index in [-0.39, 0.29) is 5.91 Å². The summed E-state index contributed by atoms with van der Waals surface area (Å²) in [7, 11) is 2.14. The third-order valence-corrected chi connectivity index (χ3v) is 5.80. The van der Waals surface area contributed by atoms with Gasteiger partial charge in [-0.25, -0.2) is 0 Å². The van der Waals surface area contributed by atoms with Crippen LogP contribution in [0.3, 0.4) is 0 Å². The number of carbonyl (C=O) groups excluding carboxylic acids is 1. The third-order valence-electron chi connectivity index (χ3n) is 5.80. The van der Waals surface area contributed by atoms with Crippen LogP contribution in [0, 0.1) is 0 Å². The maximum absolute atomic E-state index is 12.8. The lowest BCUT2D eigenvalue weighted by molar-refractivity contribution is -0.132. The Morgan fingerprint density at radius 2 is 2.00 bits per heavy atom. The van der Waals surface area contributed by atoms with Gasteiger partial charge in [-0.05, 0) is 31.0 Å². The Bertz CT molecular complexity index is 1000. The summed E-state index contributed by atoms with van der Waals surface area (Å²) in [5.41, 5.74) is 2.67. The number of rotatable bonds is 3. The maximum Gasteiger partial charge on any atom is 0.228 e. The number of hydrogen-bond acceptors (Lipinski definition) is 5. The Balaban J connectivity index is 1.38. The summed E-state index contributed by atoms with van der Waals surface area (Å²) in [5, 5.41) is 2.12. The Hall–Kier alpha value is -2.86. The molecule has 4 heterocycles. The lowest BCUT2D eigenvalue weighted by atomic mass is 10.1. The van der Waals surface area contributed by atoms with Gasteiger partial charge in [0.25, 0.3) is 0 Å². The van der Waals surface area contributed by atoms with E-state index in [2.05, 4.69) is 33.0 Å². The number of amides is 1. The molecule has 2 aliphatic heterocycles. The van der Waals surface area contributed by atoms with Gasteiger partial charge in [-0.2, -0.15) is 0 Å². The summed E-state index contributed by atoms with van der Waals surface area (Å²) < 4.78 is 0. The normalized spacial score (nSPS) is 21.9. The van der Waals surface area contributed by atoms with Gasteiger partial charge < -0.3 is 4.90 Å². The van der Waals surface area contributed by atoms with Gasteiger partial charge in [0.15, 0.2) is 0 Å². The van der Waals surface area contributed by atoms with Crippen LogP contribution in [0.2, 0.25) is 0 Å². The third kappa shape index (κ3) is 2.96. The molecule has 0 aliphatic carbocycles. The Kier molecular flexibility index (Phi) is 3.86. The fourth-order valence-corrected chi connectivity index (χ4v) is 4.32. The maximum atomic E-state index is 12.8. The van der Waals surface area contributed by atoms with Gasteiger partial charge in [-0.15, -0.1) is 0 Å².